The number of benzene rings is 9. The predicted molar refractivity (Wildman–Crippen MR) is 227 cm³/mol. The number of fused-ring (bicyclic) bond motifs is 7. The molecule has 0 bridgehead atoms. The van der Waals surface area contributed by atoms with Crippen LogP contribution in [0.3, 0.4) is 0 Å². The number of hydrogen-bond donors (Lipinski definition) is 0. The lowest BCUT2D eigenvalue weighted by Gasteiger charge is -2.20. The molecule has 0 fully saturated rings. The summed E-state index contributed by atoms with van der Waals surface area (Å²) in [6.07, 6.45) is 0. The largest absolute Gasteiger partial charge is 0.248 e. The van der Waals surface area contributed by atoms with E-state index in [1.807, 2.05) is 0 Å². The highest BCUT2D eigenvalue weighted by Crippen LogP contribution is 2.59. The van der Waals surface area contributed by atoms with Crippen molar-refractivity contribution in [2.75, 3.05) is 0 Å². The Morgan fingerprint density at radius 3 is 1.48 bits per heavy atom. The highest BCUT2D eigenvalue weighted by Gasteiger charge is 2.31. The van der Waals surface area contributed by atoms with Gasteiger partial charge in [-0.05, 0) is 118 Å². The molecule has 1 nitrogen and oxygen atoms in total. The Morgan fingerprint density at radius 1 is 0.259 bits per heavy atom. The van der Waals surface area contributed by atoms with Crippen molar-refractivity contribution in [1.82, 2.24) is 4.98 Å². The SMILES string of the molecule is c1ccc(-c2cc3c4c(cccc4n2)-c2cc(-c4ccc5c6c(cccc46)-c4c-5c(-c5ccccc5)c5ccccc5c4-c4ccccc4)ccc2-3)cc1. The summed E-state index contributed by atoms with van der Waals surface area (Å²) in [5.41, 5.74) is 21.1. The van der Waals surface area contributed by atoms with E-state index in [2.05, 4.69) is 188 Å². The zero-order valence-corrected chi connectivity index (χ0v) is 29.3. The van der Waals surface area contributed by atoms with Crippen LogP contribution in [-0.2, 0) is 0 Å². The van der Waals surface area contributed by atoms with E-state index in [1.54, 1.807) is 0 Å². The van der Waals surface area contributed by atoms with Crippen LogP contribution < -0.4 is 0 Å². The summed E-state index contributed by atoms with van der Waals surface area (Å²) in [7, 11) is 0. The van der Waals surface area contributed by atoms with Gasteiger partial charge in [-0.25, -0.2) is 4.98 Å². The molecular weight excluding hydrogens is 651 g/mol. The summed E-state index contributed by atoms with van der Waals surface area (Å²) in [6.45, 7) is 0. The minimum absolute atomic E-state index is 1.01. The van der Waals surface area contributed by atoms with Gasteiger partial charge in [-0.1, -0.05) is 170 Å². The van der Waals surface area contributed by atoms with E-state index in [4.69, 9.17) is 4.98 Å². The predicted octanol–water partition coefficient (Wildman–Crippen LogP) is 14.5. The van der Waals surface area contributed by atoms with Gasteiger partial charge in [-0.2, -0.15) is 0 Å². The number of pyridine rings is 1. The number of nitrogens with zero attached hydrogens (tertiary/aromatic N) is 1. The van der Waals surface area contributed by atoms with Crippen LogP contribution in [0.25, 0.3) is 122 Å². The number of aromatic nitrogens is 1. The highest BCUT2D eigenvalue weighted by atomic mass is 14.7. The van der Waals surface area contributed by atoms with Crippen LogP contribution in [0.4, 0.5) is 0 Å². The molecule has 10 aromatic rings. The van der Waals surface area contributed by atoms with Gasteiger partial charge in [0.2, 0.25) is 0 Å². The molecule has 0 spiro atoms. The molecule has 1 aromatic heterocycles. The molecule has 0 saturated carbocycles. The molecule has 0 amide bonds. The Morgan fingerprint density at radius 2 is 0.796 bits per heavy atom. The molecule has 9 aromatic carbocycles. The third kappa shape index (κ3) is 4.07. The summed E-state index contributed by atoms with van der Waals surface area (Å²) < 4.78 is 0. The smallest absolute Gasteiger partial charge is 0.0722 e. The zero-order valence-electron chi connectivity index (χ0n) is 29.3. The topological polar surface area (TPSA) is 12.9 Å². The summed E-state index contributed by atoms with van der Waals surface area (Å²) in [5, 5.41) is 6.42. The molecule has 54 heavy (non-hydrogen) atoms. The van der Waals surface area contributed by atoms with Gasteiger partial charge in [0.25, 0.3) is 0 Å². The van der Waals surface area contributed by atoms with Crippen molar-refractivity contribution in [3.8, 4) is 89.1 Å². The van der Waals surface area contributed by atoms with Gasteiger partial charge < -0.3 is 0 Å². The molecule has 1 heterocycles. The third-order valence-corrected chi connectivity index (χ3v) is 11.7. The quantitative estimate of drug-likeness (QED) is 0.180. The molecule has 0 unspecified atom stereocenters. The summed E-state index contributed by atoms with van der Waals surface area (Å²) in [5.74, 6) is 0. The van der Waals surface area contributed by atoms with Crippen molar-refractivity contribution in [2.45, 2.75) is 0 Å². The lowest BCUT2D eigenvalue weighted by atomic mass is 9.82. The van der Waals surface area contributed by atoms with Crippen LogP contribution in [0.1, 0.15) is 0 Å². The monoisotopic (exact) mass is 681 g/mol. The molecule has 0 N–H and O–H groups in total. The minimum Gasteiger partial charge on any atom is -0.248 e. The average Bonchev–Trinajstić information content (AvgIpc) is 3.75. The standard InChI is InChI=1S/C53H31N/c1-4-14-32(15-5-1)47-31-45-37-27-26-35(30-44(37)41-23-13-25-46(54-47)51(41)45)36-28-29-43-50-38(36)22-12-24-42(50)52-48(33-16-6-2-7-17-33)39-20-10-11-21-40(39)49(53(43)52)34-18-8-3-9-19-34/h1-31H. The fraction of sp³-hybridized carbons (Fsp3) is 0. The van der Waals surface area contributed by atoms with Gasteiger partial charge in [0.05, 0.1) is 11.2 Å². The van der Waals surface area contributed by atoms with E-state index in [1.165, 1.54) is 105 Å². The third-order valence-electron chi connectivity index (χ3n) is 11.7. The second kappa shape index (κ2) is 11.2. The van der Waals surface area contributed by atoms with E-state index < -0.39 is 0 Å². The fourth-order valence-corrected chi connectivity index (χ4v) is 9.51. The number of rotatable bonds is 4. The minimum atomic E-state index is 1.01. The first-order valence-electron chi connectivity index (χ1n) is 18.7. The lowest BCUT2D eigenvalue weighted by Crippen LogP contribution is -1.93. The van der Waals surface area contributed by atoms with Gasteiger partial charge in [-0.15, -0.1) is 0 Å². The molecule has 0 saturated heterocycles. The van der Waals surface area contributed by atoms with Crippen LogP contribution >= 0.6 is 0 Å². The highest BCUT2D eigenvalue weighted by molar-refractivity contribution is 6.29. The molecule has 248 valence electrons. The van der Waals surface area contributed by atoms with Gasteiger partial charge in [0.15, 0.2) is 0 Å². The van der Waals surface area contributed by atoms with E-state index >= 15 is 0 Å². The van der Waals surface area contributed by atoms with E-state index in [-0.39, 0.29) is 0 Å². The molecule has 1 heteroatoms. The van der Waals surface area contributed by atoms with Crippen LogP contribution in [-0.4, -0.2) is 4.98 Å². The van der Waals surface area contributed by atoms with E-state index in [9.17, 15) is 0 Å². The Labute approximate surface area is 313 Å². The number of hydrogen-bond acceptors (Lipinski definition) is 1. The normalized spacial score (nSPS) is 12.1. The average molecular weight is 682 g/mol. The molecular formula is C53H31N. The van der Waals surface area contributed by atoms with E-state index in [0.29, 0.717) is 0 Å². The van der Waals surface area contributed by atoms with Crippen LogP contribution in [0.5, 0.6) is 0 Å². The Kier molecular flexibility index (Phi) is 6.12. The van der Waals surface area contributed by atoms with Crippen molar-refractivity contribution >= 4 is 32.4 Å². The molecule has 0 radical (unpaired) electrons. The second-order valence-corrected chi connectivity index (χ2v) is 14.5. The maximum Gasteiger partial charge on any atom is 0.0722 e. The van der Waals surface area contributed by atoms with Crippen molar-refractivity contribution in [2.24, 2.45) is 0 Å². The van der Waals surface area contributed by atoms with Gasteiger partial charge >= 0.3 is 0 Å². The van der Waals surface area contributed by atoms with Crippen molar-refractivity contribution in [3.05, 3.63) is 188 Å². The maximum atomic E-state index is 5.14. The maximum absolute atomic E-state index is 5.14. The first kappa shape index (κ1) is 29.5. The fourth-order valence-electron chi connectivity index (χ4n) is 9.51. The summed E-state index contributed by atoms with van der Waals surface area (Å²) >= 11 is 0. The lowest BCUT2D eigenvalue weighted by molar-refractivity contribution is 1.40. The molecule has 0 atom stereocenters. The van der Waals surface area contributed by atoms with Gasteiger partial charge in [0, 0.05) is 10.9 Å². The molecule has 0 aliphatic heterocycles. The first-order valence-corrected chi connectivity index (χ1v) is 18.7. The van der Waals surface area contributed by atoms with Gasteiger partial charge in [-0.3, -0.25) is 0 Å². The Bertz CT molecular complexity index is 3090. The molecule has 2 aliphatic carbocycles. The van der Waals surface area contributed by atoms with Crippen LogP contribution in [0.2, 0.25) is 0 Å². The summed E-state index contributed by atoms with van der Waals surface area (Å²) in [4.78, 5) is 5.14. The molecule has 12 rings (SSSR count). The van der Waals surface area contributed by atoms with Crippen molar-refractivity contribution in [3.63, 3.8) is 0 Å². The van der Waals surface area contributed by atoms with Crippen molar-refractivity contribution in [1.29, 1.82) is 0 Å². The first-order chi connectivity index (χ1) is 26.8. The molecule has 2 aliphatic rings. The van der Waals surface area contributed by atoms with E-state index in [0.717, 1.165) is 16.8 Å². The second-order valence-electron chi connectivity index (χ2n) is 14.5. The Balaban J connectivity index is 1.10. The Hall–Kier alpha value is -7.09. The van der Waals surface area contributed by atoms with Crippen molar-refractivity contribution < 1.29 is 0 Å². The van der Waals surface area contributed by atoms with Crippen LogP contribution in [0.15, 0.2) is 188 Å². The van der Waals surface area contributed by atoms with Crippen LogP contribution in [0, 0.1) is 0 Å². The van der Waals surface area contributed by atoms with Gasteiger partial charge in [0.1, 0.15) is 0 Å². The zero-order chi connectivity index (χ0) is 35.3. The summed E-state index contributed by atoms with van der Waals surface area (Å²) in [6, 6.07) is 69.0.